The molecule has 1 aliphatic rings. The van der Waals surface area contributed by atoms with E-state index in [0.29, 0.717) is 13.1 Å². The third kappa shape index (κ3) is 3.29. The fourth-order valence-electron chi connectivity index (χ4n) is 2.20. The fourth-order valence-corrected chi connectivity index (χ4v) is 2.87. The Hall–Kier alpha value is -1.04. The van der Waals surface area contributed by atoms with Crippen LogP contribution in [0.25, 0.3) is 0 Å². The first-order valence-electron chi connectivity index (χ1n) is 5.99. The van der Waals surface area contributed by atoms with Crippen molar-refractivity contribution in [3.63, 3.8) is 0 Å². The zero-order valence-electron chi connectivity index (χ0n) is 10.1. The van der Waals surface area contributed by atoms with Crippen LogP contribution in [0.5, 0.6) is 0 Å². The number of benzene rings is 1. The van der Waals surface area contributed by atoms with Crippen molar-refractivity contribution in [1.29, 1.82) is 0 Å². The molecule has 2 rings (SSSR count). The van der Waals surface area contributed by atoms with Gasteiger partial charge < -0.3 is 4.90 Å². The lowest BCUT2D eigenvalue weighted by Gasteiger charge is -2.30. The number of rotatable bonds is 1. The van der Waals surface area contributed by atoms with Gasteiger partial charge in [-0.2, -0.15) is 13.2 Å². The summed E-state index contributed by atoms with van der Waals surface area (Å²) in [6.45, 7) is 0.956. The second-order valence-electron chi connectivity index (χ2n) is 4.53. The Morgan fingerprint density at radius 1 is 1.32 bits per heavy atom. The Bertz CT molecular complexity index is 475. The molecule has 19 heavy (non-hydrogen) atoms. The van der Waals surface area contributed by atoms with E-state index < -0.39 is 17.6 Å². The molecule has 0 bridgehead atoms. The van der Waals surface area contributed by atoms with E-state index >= 15 is 0 Å². The summed E-state index contributed by atoms with van der Waals surface area (Å²) in [5.74, 6) is -0.544. The summed E-state index contributed by atoms with van der Waals surface area (Å²) in [7, 11) is 0. The topological polar surface area (TPSA) is 20.3 Å². The standard InChI is InChI=1S/C13H13BrF3NO/c14-9-4-3-7-18(8-9)12(19)10-5-1-2-6-11(10)13(15,16)17/h1-2,5-6,9H,3-4,7-8H2. The van der Waals surface area contributed by atoms with Crippen LogP contribution in [-0.4, -0.2) is 28.7 Å². The van der Waals surface area contributed by atoms with Gasteiger partial charge in [0.15, 0.2) is 0 Å². The summed E-state index contributed by atoms with van der Waals surface area (Å²) in [5.41, 5.74) is -1.13. The largest absolute Gasteiger partial charge is 0.417 e. The van der Waals surface area contributed by atoms with Crippen molar-refractivity contribution < 1.29 is 18.0 Å². The third-order valence-corrected chi connectivity index (χ3v) is 3.86. The van der Waals surface area contributed by atoms with Crippen molar-refractivity contribution in [2.24, 2.45) is 0 Å². The molecule has 1 amide bonds. The molecule has 2 nitrogen and oxygen atoms in total. The van der Waals surface area contributed by atoms with E-state index in [1.165, 1.54) is 23.1 Å². The third-order valence-electron chi connectivity index (χ3n) is 3.11. The predicted molar refractivity (Wildman–Crippen MR) is 69.3 cm³/mol. The zero-order chi connectivity index (χ0) is 14.0. The van der Waals surface area contributed by atoms with Crippen molar-refractivity contribution in [3.05, 3.63) is 35.4 Å². The van der Waals surface area contributed by atoms with Crippen LogP contribution in [0.15, 0.2) is 24.3 Å². The number of likely N-dealkylation sites (tertiary alicyclic amines) is 1. The van der Waals surface area contributed by atoms with Crippen LogP contribution >= 0.6 is 15.9 Å². The fraction of sp³-hybridized carbons (Fsp3) is 0.462. The Morgan fingerprint density at radius 3 is 2.63 bits per heavy atom. The van der Waals surface area contributed by atoms with Gasteiger partial charge in [0.1, 0.15) is 0 Å². The average Bonchev–Trinajstić information content (AvgIpc) is 2.37. The van der Waals surface area contributed by atoms with E-state index in [4.69, 9.17) is 0 Å². The number of piperidine rings is 1. The number of amides is 1. The summed E-state index contributed by atoms with van der Waals surface area (Å²) in [6.07, 6.45) is -2.77. The summed E-state index contributed by atoms with van der Waals surface area (Å²) < 4.78 is 38.6. The molecule has 0 saturated carbocycles. The van der Waals surface area contributed by atoms with Crippen molar-refractivity contribution >= 4 is 21.8 Å². The van der Waals surface area contributed by atoms with E-state index in [-0.39, 0.29) is 10.4 Å². The van der Waals surface area contributed by atoms with Crippen LogP contribution < -0.4 is 0 Å². The zero-order valence-corrected chi connectivity index (χ0v) is 11.7. The smallest absolute Gasteiger partial charge is 0.338 e. The maximum atomic E-state index is 12.9. The van der Waals surface area contributed by atoms with Gasteiger partial charge in [0.2, 0.25) is 0 Å². The second-order valence-corrected chi connectivity index (χ2v) is 5.83. The number of nitrogens with zero attached hydrogens (tertiary/aromatic N) is 1. The SMILES string of the molecule is O=C(c1ccccc1C(F)(F)F)N1CCCC(Br)C1. The maximum absolute atomic E-state index is 12.9. The molecule has 1 atom stereocenters. The van der Waals surface area contributed by atoms with E-state index in [1.807, 2.05) is 0 Å². The number of carbonyl (C=O) groups is 1. The minimum atomic E-state index is -4.50. The van der Waals surface area contributed by atoms with E-state index in [0.717, 1.165) is 18.9 Å². The van der Waals surface area contributed by atoms with Gasteiger partial charge in [-0.05, 0) is 25.0 Å². The van der Waals surface area contributed by atoms with Crippen molar-refractivity contribution in [2.45, 2.75) is 23.8 Å². The summed E-state index contributed by atoms with van der Waals surface area (Å²) in [4.78, 5) is 13.9. The molecule has 1 aromatic rings. The maximum Gasteiger partial charge on any atom is 0.417 e. The Kier molecular flexibility index (Phi) is 4.18. The molecular weight excluding hydrogens is 323 g/mol. The molecule has 1 heterocycles. The molecule has 6 heteroatoms. The van der Waals surface area contributed by atoms with Gasteiger partial charge in [-0.1, -0.05) is 28.1 Å². The van der Waals surface area contributed by atoms with Crippen LogP contribution in [0.4, 0.5) is 13.2 Å². The molecule has 0 spiro atoms. The number of hydrogen-bond donors (Lipinski definition) is 0. The molecule has 1 fully saturated rings. The molecular formula is C13H13BrF3NO. The normalized spacial score (nSPS) is 20.4. The molecule has 1 saturated heterocycles. The monoisotopic (exact) mass is 335 g/mol. The highest BCUT2D eigenvalue weighted by Gasteiger charge is 2.36. The molecule has 0 aliphatic carbocycles. The van der Waals surface area contributed by atoms with E-state index in [9.17, 15) is 18.0 Å². The van der Waals surface area contributed by atoms with Crippen LogP contribution in [0.2, 0.25) is 0 Å². The van der Waals surface area contributed by atoms with Crippen LogP contribution in [-0.2, 0) is 6.18 Å². The average molecular weight is 336 g/mol. The van der Waals surface area contributed by atoms with Gasteiger partial charge >= 0.3 is 6.18 Å². The van der Waals surface area contributed by atoms with Gasteiger partial charge in [0, 0.05) is 17.9 Å². The molecule has 104 valence electrons. The Labute approximate surface area is 117 Å². The van der Waals surface area contributed by atoms with Crippen LogP contribution in [0.1, 0.15) is 28.8 Å². The van der Waals surface area contributed by atoms with Gasteiger partial charge in [0.25, 0.3) is 5.91 Å². The first kappa shape index (κ1) is 14.4. The summed E-state index contributed by atoms with van der Waals surface area (Å²) in [5, 5.41) is 0. The molecule has 1 aliphatic heterocycles. The lowest BCUT2D eigenvalue weighted by molar-refractivity contribution is -0.138. The van der Waals surface area contributed by atoms with Crippen LogP contribution in [0.3, 0.4) is 0 Å². The van der Waals surface area contributed by atoms with Crippen molar-refractivity contribution in [2.75, 3.05) is 13.1 Å². The highest BCUT2D eigenvalue weighted by Crippen LogP contribution is 2.32. The first-order chi connectivity index (χ1) is 8.89. The molecule has 1 aromatic carbocycles. The van der Waals surface area contributed by atoms with Gasteiger partial charge in [-0.3, -0.25) is 4.79 Å². The predicted octanol–water partition coefficient (Wildman–Crippen LogP) is 3.70. The minimum Gasteiger partial charge on any atom is -0.338 e. The van der Waals surface area contributed by atoms with E-state index in [1.54, 1.807) is 0 Å². The number of hydrogen-bond acceptors (Lipinski definition) is 1. The highest BCUT2D eigenvalue weighted by molar-refractivity contribution is 9.09. The molecule has 0 radical (unpaired) electrons. The van der Waals surface area contributed by atoms with Gasteiger partial charge in [0.05, 0.1) is 11.1 Å². The minimum absolute atomic E-state index is 0.156. The lowest BCUT2D eigenvalue weighted by atomic mass is 10.0. The molecule has 1 unspecified atom stereocenters. The number of halogens is 4. The van der Waals surface area contributed by atoms with E-state index in [2.05, 4.69) is 15.9 Å². The van der Waals surface area contributed by atoms with Crippen molar-refractivity contribution in [3.8, 4) is 0 Å². The highest BCUT2D eigenvalue weighted by atomic mass is 79.9. The Morgan fingerprint density at radius 2 is 2.00 bits per heavy atom. The number of alkyl halides is 4. The van der Waals surface area contributed by atoms with Gasteiger partial charge in [-0.25, -0.2) is 0 Å². The van der Waals surface area contributed by atoms with Gasteiger partial charge in [-0.15, -0.1) is 0 Å². The molecule has 0 N–H and O–H groups in total. The number of carbonyl (C=O) groups excluding carboxylic acids is 1. The van der Waals surface area contributed by atoms with Crippen LogP contribution in [0, 0.1) is 0 Å². The second kappa shape index (κ2) is 5.53. The first-order valence-corrected chi connectivity index (χ1v) is 6.90. The molecule has 0 aromatic heterocycles. The lowest BCUT2D eigenvalue weighted by Crippen LogP contribution is -2.40. The summed E-state index contributed by atoms with van der Waals surface area (Å²) >= 11 is 3.41. The quantitative estimate of drug-likeness (QED) is 0.716. The summed E-state index contributed by atoms with van der Waals surface area (Å²) in [6, 6.07) is 4.94. The Balaban J connectivity index is 2.29. The van der Waals surface area contributed by atoms with Crippen molar-refractivity contribution in [1.82, 2.24) is 4.90 Å².